The van der Waals surface area contributed by atoms with Crippen LogP contribution in [0, 0.1) is 17.8 Å². The van der Waals surface area contributed by atoms with E-state index in [0.717, 1.165) is 51.9 Å². The van der Waals surface area contributed by atoms with Gasteiger partial charge in [0, 0.05) is 32.2 Å². The first-order valence-corrected chi connectivity index (χ1v) is 9.38. The molecule has 24 heavy (non-hydrogen) atoms. The van der Waals surface area contributed by atoms with Gasteiger partial charge >= 0.3 is 0 Å². The molecule has 1 amide bonds. The highest BCUT2D eigenvalue weighted by atomic mass is 16.5. The zero-order valence-electron chi connectivity index (χ0n) is 14.5. The fourth-order valence-electron chi connectivity index (χ4n) is 4.16. The van der Waals surface area contributed by atoms with Crippen molar-refractivity contribution < 1.29 is 9.53 Å². The fourth-order valence-corrected chi connectivity index (χ4v) is 4.16. The third-order valence-electron chi connectivity index (χ3n) is 5.63. The molecule has 0 spiro atoms. The van der Waals surface area contributed by atoms with Gasteiger partial charge in [0.25, 0.3) is 0 Å². The standard InChI is InChI=1S/C20H30N2O2/c21-13-18-7-4-8-19(18)20(23)22(14-16-5-2-1-3-6-16)15-17-9-11-24-12-10-17/h1-3,5-6,17-19H,4,7-15,21H2/t18-,19-/m1/s1. The number of benzene rings is 1. The molecule has 4 nitrogen and oxygen atoms in total. The van der Waals surface area contributed by atoms with Crippen LogP contribution in [0.3, 0.4) is 0 Å². The molecule has 2 N–H and O–H groups in total. The predicted octanol–water partition coefficient (Wildman–Crippen LogP) is 2.82. The molecule has 1 aliphatic carbocycles. The van der Waals surface area contributed by atoms with Crippen LogP contribution in [0.4, 0.5) is 0 Å². The first kappa shape index (κ1) is 17.4. The highest BCUT2D eigenvalue weighted by molar-refractivity contribution is 5.79. The molecule has 2 atom stereocenters. The molecule has 0 radical (unpaired) electrons. The van der Waals surface area contributed by atoms with Crippen LogP contribution in [0.5, 0.6) is 0 Å². The maximum atomic E-state index is 13.2. The van der Waals surface area contributed by atoms with Gasteiger partial charge in [0.1, 0.15) is 0 Å². The van der Waals surface area contributed by atoms with Gasteiger partial charge in [0.2, 0.25) is 5.91 Å². The Morgan fingerprint density at radius 2 is 1.88 bits per heavy atom. The summed E-state index contributed by atoms with van der Waals surface area (Å²) in [5, 5.41) is 0. The SMILES string of the molecule is NC[C@H]1CCC[C@H]1C(=O)N(Cc1ccccc1)CC1CCOCC1. The molecule has 1 aromatic carbocycles. The largest absolute Gasteiger partial charge is 0.381 e. The third-order valence-corrected chi connectivity index (χ3v) is 5.63. The zero-order valence-corrected chi connectivity index (χ0v) is 14.5. The van der Waals surface area contributed by atoms with Crippen molar-refractivity contribution in [1.29, 1.82) is 0 Å². The van der Waals surface area contributed by atoms with E-state index in [1.807, 2.05) is 18.2 Å². The highest BCUT2D eigenvalue weighted by Crippen LogP contribution is 2.33. The Morgan fingerprint density at radius 3 is 2.58 bits per heavy atom. The van der Waals surface area contributed by atoms with Gasteiger partial charge in [-0.3, -0.25) is 4.79 Å². The summed E-state index contributed by atoms with van der Waals surface area (Å²) in [6.45, 7) is 3.85. The van der Waals surface area contributed by atoms with E-state index in [-0.39, 0.29) is 5.92 Å². The minimum Gasteiger partial charge on any atom is -0.381 e. The van der Waals surface area contributed by atoms with E-state index >= 15 is 0 Å². The average molecular weight is 330 g/mol. The van der Waals surface area contributed by atoms with Crippen LogP contribution in [-0.4, -0.2) is 37.1 Å². The number of carbonyl (C=O) groups is 1. The maximum Gasteiger partial charge on any atom is 0.226 e. The van der Waals surface area contributed by atoms with Crippen LogP contribution in [-0.2, 0) is 16.1 Å². The topological polar surface area (TPSA) is 55.6 Å². The molecule has 1 heterocycles. The number of ether oxygens (including phenoxy) is 1. The molecule has 1 aliphatic heterocycles. The minimum absolute atomic E-state index is 0.124. The van der Waals surface area contributed by atoms with Gasteiger partial charge in [-0.05, 0) is 49.6 Å². The number of rotatable bonds is 6. The van der Waals surface area contributed by atoms with Gasteiger partial charge in [-0.25, -0.2) is 0 Å². The first-order valence-electron chi connectivity index (χ1n) is 9.38. The van der Waals surface area contributed by atoms with Crippen LogP contribution in [0.15, 0.2) is 30.3 Å². The summed E-state index contributed by atoms with van der Waals surface area (Å²) in [4.78, 5) is 15.3. The lowest BCUT2D eigenvalue weighted by Crippen LogP contribution is -2.42. The molecule has 1 aromatic rings. The quantitative estimate of drug-likeness (QED) is 0.872. The summed E-state index contributed by atoms with van der Waals surface area (Å²) < 4.78 is 5.47. The van der Waals surface area contributed by atoms with E-state index in [0.29, 0.717) is 30.8 Å². The average Bonchev–Trinajstić information content (AvgIpc) is 3.11. The van der Waals surface area contributed by atoms with E-state index in [9.17, 15) is 4.79 Å². The second-order valence-electron chi connectivity index (χ2n) is 7.29. The Morgan fingerprint density at radius 1 is 1.12 bits per heavy atom. The van der Waals surface area contributed by atoms with Crippen LogP contribution >= 0.6 is 0 Å². The molecule has 132 valence electrons. The summed E-state index contributed by atoms with van der Waals surface area (Å²) in [6, 6.07) is 10.3. The summed E-state index contributed by atoms with van der Waals surface area (Å²) in [6.07, 6.45) is 5.35. The fraction of sp³-hybridized carbons (Fsp3) is 0.650. The molecule has 1 saturated carbocycles. The van der Waals surface area contributed by atoms with Crippen molar-refractivity contribution in [2.45, 2.75) is 38.6 Å². The molecule has 1 saturated heterocycles. The van der Waals surface area contributed by atoms with E-state index < -0.39 is 0 Å². The second kappa shape index (κ2) is 8.63. The van der Waals surface area contributed by atoms with Crippen LogP contribution in [0.25, 0.3) is 0 Å². The molecule has 2 aliphatic rings. The highest BCUT2D eigenvalue weighted by Gasteiger charge is 2.35. The lowest BCUT2D eigenvalue weighted by Gasteiger charge is -2.33. The van der Waals surface area contributed by atoms with Crippen molar-refractivity contribution in [3.05, 3.63) is 35.9 Å². The number of nitrogens with zero attached hydrogens (tertiary/aromatic N) is 1. The number of nitrogens with two attached hydrogens (primary N) is 1. The van der Waals surface area contributed by atoms with Gasteiger partial charge in [-0.2, -0.15) is 0 Å². The smallest absolute Gasteiger partial charge is 0.226 e. The van der Waals surface area contributed by atoms with Crippen molar-refractivity contribution in [2.24, 2.45) is 23.5 Å². The van der Waals surface area contributed by atoms with Crippen LogP contribution < -0.4 is 5.73 Å². The molecule has 3 rings (SSSR count). The lowest BCUT2D eigenvalue weighted by atomic mass is 9.93. The van der Waals surface area contributed by atoms with E-state index in [1.54, 1.807) is 0 Å². The molecule has 0 bridgehead atoms. The number of amides is 1. The molecular formula is C20H30N2O2. The van der Waals surface area contributed by atoms with Crippen LogP contribution in [0.2, 0.25) is 0 Å². The van der Waals surface area contributed by atoms with E-state index in [4.69, 9.17) is 10.5 Å². The summed E-state index contributed by atoms with van der Waals surface area (Å²) in [7, 11) is 0. The number of hydrogen-bond acceptors (Lipinski definition) is 3. The van der Waals surface area contributed by atoms with Crippen molar-refractivity contribution in [2.75, 3.05) is 26.3 Å². The Bertz CT molecular complexity index is 514. The Kier molecular flexibility index (Phi) is 6.27. The second-order valence-corrected chi connectivity index (χ2v) is 7.29. The summed E-state index contributed by atoms with van der Waals surface area (Å²) in [5.74, 6) is 1.37. The molecule has 2 fully saturated rings. The predicted molar refractivity (Wildman–Crippen MR) is 95.3 cm³/mol. The Balaban J connectivity index is 1.71. The van der Waals surface area contributed by atoms with Gasteiger partial charge in [0.05, 0.1) is 0 Å². The Hall–Kier alpha value is -1.39. The van der Waals surface area contributed by atoms with E-state index in [1.165, 1.54) is 5.56 Å². The van der Waals surface area contributed by atoms with Gasteiger partial charge in [-0.15, -0.1) is 0 Å². The van der Waals surface area contributed by atoms with Gasteiger partial charge in [-0.1, -0.05) is 36.8 Å². The monoisotopic (exact) mass is 330 g/mol. The number of carbonyl (C=O) groups excluding carboxylic acids is 1. The normalized spacial score (nSPS) is 24.9. The van der Waals surface area contributed by atoms with Crippen molar-refractivity contribution in [1.82, 2.24) is 4.90 Å². The minimum atomic E-state index is 0.124. The Labute approximate surface area is 145 Å². The van der Waals surface area contributed by atoms with Gasteiger partial charge in [0.15, 0.2) is 0 Å². The lowest BCUT2D eigenvalue weighted by molar-refractivity contribution is -0.138. The zero-order chi connectivity index (χ0) is 16.8. The van der Waals surface area contributed by atoms with Crippen LogP contribution in [0.1, 0.15) is 37.7 Å². The number of hydrogen-bond donors (Lipinski definition) is 1. The van der Waals surface area contributed by atoms with Crippen molar-refractivity contribution >= 4 is 5.91 Å². The molecular weight excluding hydrogens is 300 g/mol. The van der Waals surface area contributed by atoms with Crippen molar-refractivity contribution in [3.63, 3.8) is 0 Å². The molecule has 0 unspecified atom stereocenters. The third kappa shape index (κ3) is 4.37. The van der Waals surface area contributed by atoms with Crippen molar-refractivity contribution in [3.8, 4) is 0 Å². The first-order chi connectivity index (χ1) is 11.8. The molecule has 0 aromatic heterocycles. The van der Waals surface area contributed by atoms with E-state index in [2.05, 4.69) is 17.0 Å². The van der Waals surface area contributed by atoms with Gasteiger partial charge < -0.3 is 15.4 Å². The molecule has 4 heteroatoms. The summed E-state index contributed by atoms with van der Waals surface area (Å²) >= 11 is 0. The summed E-state index contributed by atoms with van der Waals surface area (Å²) in [5.41, 5.74) is 7.12. The maximum absolute atomic E-state index is 13.2.